The van der Waals surface area contributed by atoms with Gasteiger partial charge in [-0.2, -0.15) is 0 Å². The van der Waals surface area contributed by atoms with Crippen LogP contribution in [-0.2, 0) is 0 Å². The Hall–Kier alpha value is -1.51. The zero-order chi connectivity index (χ0) is 10.8. The Balaban J connectivity index is 2.31. The van der Waals surface area contributed by atoms with Crippen LogP contribution in [0, 0.1) is 5.92 Å². The molecule has 0 spiro atoms. The molecule has 0 aliphatic heterocycles. The molecule has 0 saturated carbocycles. The summed E-state index contributed by atoms with van der Waals surface area (Å²) in [6.07, 6.45) is 3.46. The molecule has 0 saturated heterocycles. The molecular formula is C12H16N2O. The van der Waals surface area contributed by atoms with Gasteiger partial charge in [0.25, 0.3) is 0 Å². The van der Waals surface area contributed by atoms with Crippen LogP contribution in [0.15, 0.2) is 29.0 Å². The lowest BCUT2D eigenvalue weighted by Crippen LogP contribution is -2.22. The van der Waals surface area contributed by atoms with E-state index in [-0.39, 0.29) is 0 Å². The Labute approximate surface area is 89.5 Å². The largest absolute Gasteiger partial charge is 0.464 e. The normalized spacial score (nSPS) is 13.3. The topological polar surface area (TPSA) is 38.1 Å². The molecule has 0 amide bonds. The van der Waals surface area contributed by atoms with Crippen molar-refractivity contribution >= 4 is 16.8 Å². The minimum absolute atomic E-state index is 0.401. The third-order valence-electron chi connectivity index (χ3n) is 2.74. The lowest BCUT2D eigenvalue weighted by atomic mass is 10.1. The molecule has 15 heavy (non-hydrogen) atoms. The Kier molecular flexibility index (Phi) is 2.62. The number of fused-ring (bicyclic) bond motifs is 1. The Morgan fingerprint density at radius 3 is 2.80 bits per heavy atom. The van der Waals surface area contributed by atoms with Gasteiger partial charge in [-0.25, -0.2) is 4.98 Å². The molecule has 1 unspecified atom stereocenters. The Morgan fingerprint density at radius 2 is 2.07 bits per heavy atom. The van der Waals surface area contributed by atoms with Gasteiger partial charge in [0.1, 0.15) is 11.4 Å². The number of nitrogens with one attached hydrogen (secondary N) is 1. The van der Waals surface area contributed by atoms with Crippen molar-refractivity contribution in [2.24, 2.45) is 5.92 Å². The second kappa shape index (κ2) is 3.93. The molecule has 2 rings (SSSR count). The highest BCUT2D eigenvalue weighted by atomic mass is 16.3. The van der Waals surface area contributed by atoms with Gasteiger partial charge in [0, 0.05) is 12.2 Å². The maximum atomic E-state index is 5.32. The van der Waals surface area contributed by atoms with E-state index in [1.807, 2.05) is 12.1 Å². The first-order valence-electron chi connectivity index (χ1n) is 5.27. The van der Waals surface area contributed by atoms with Crippen LogP contribution in [0.5, 0.6) is 0 Å². The van der Waals surface area contributed by atoms with Crippen molar-refractivity contribution in [3.8, 4) is 0 Å². The number of rotatable bonds is 3. The van der Waals surface area contributed by atoms with Crippen LogP contribution in [0.3, 0.4) is 0 Å². The molecule has 2 aromatic rings. The van der Waals surface area contributed by atoms with E-state index >= 15 is 0 Å². The fourth-order valence-corrected chi connectivity index (χ4v) is 1.39. The van der Waals surface area contributed by atoms with E-state index in [0.717, 1.165) is 16.8 Å². The number of nitrogens with zero attached hydrogens (tertiary/aromatic N) is 1. The molecule has 1 N–H and O–H groups in total. The molecule has 0 aliphatic rings. The average molecular weight is 204 g/mol. The molecule has 0 aromatic carbocycles. The molecular weight excluding hydrogens is 188 g/mol. The molecule has 2 heterocycles. The third-order valence-corrected chi connectivity index (χ3v) is 2.74. The second-order valence-corrected chi connectivity index (χ2v) is 4.17. The molecule has 1 atom stereocenters. The lowest BCUT2D eigenvalue weighted by Gasteiger charge is -2.18. The number of hydrogen-bond acceptors (Lipinski definition) is 3. The van der Waals surface area contributed by atoms with Crippen molar-refractivity contribution in [1.82, 2.24) is 4.98 Å². The quantitative estimate of drug-likeness (QED) is 0.833. The van der Waals surface area contributed by atoms with Crippen molar-refractivity contribution in [2.45, 2.75) is 26.8 Å². The van der Waals surface area contributed by atoms with Crippen molar-refractivity contribution in [3.05, 3.63) is 24.6 Å². The van der Waals surface area contributed by atoms with E-state index in [2.05, 4.69) is 31.1 Å². The van der Waals surface area contributed by atoms with E-state index < -0.39 is 0 Å². The highest BCUT2D eigenvalue weighted by Gasteiger charge is 2.10. The van der Waals surface area contributed by atoms with E-state index in [1.165, 1.54) is 0 Å². The molecule has 2 aromatic heterocycles. The molecule has 80 valence electrons. The number of hydrogen-bond donors (Lipinski definition) is 1. The van der Waals surface area contributed by atoms with Gasteiger partial charge in [-0.3, -0.25) is 0 Å². The van der Waals surface area contributed by atoms with Gasteiger partial charge in [0.15, 0.2) is 0 Å². The maximum absolute atomic E-state index is 5.32. The Bertz CT molecular complexity index is 448. The van der Waals surface area contributed by atoms with E-state index in [0.29, 0.717) is 12.0 Å². The lowest BCUT2D eigenvalue weighted by molar-refractivity contribution is 0.559. The number of furan rings is 1. The van der Waals surface area contributed by atoms with Crippen molar-refractivity contribution in [1.29, 1.82) is 0 Å². The van der Waals surface area contributed by atoms with E-state index in [9.17, 15) is 0 Å². The first-order valence-corrected chi connectivity index (χ1v) is 5.27. The molecule has 3 heteroatoms. The van der Waals surface area contributed by atoms with Crippen LogP contribution < -0.4 is 5.32 Å². The highest BCUT2D eigenvalue weighted by Crippen LogP contribution is 2.23. The van der Waals surface area contributed by atoms with Crippen LogP contribution in [-0.4, -0.2) is 11.0 Å². The average Bonchev–Trinajstić information content (AvgIpc) is 2.66. The van der Waals surface area contributed by atoms with Crippen molar-refractivity contribution < 1.29 is 4.42 Å². The smallest absolute Gasteiger partial charge is 0.139 e. The summed E-state index contributed by atoms with van der Waals surface area (Å²) < 4.78 is 5.32. The number of anilines is 1. The third kappa shape index (κ3) is 1.96. The van der Waals surface area contributed by atoms with E-state index in [4.69, 9.17) is 4.42 Å². The van der Waals surface area contributed by atoms with Gasteiger partial charge in [-0.15, -0.1) is 0 Å². The van der Waals surface area contributed by atoms with Crippen molar-refractivity contribution in [2.75, 3.05) is 5.32 Å². The minimum Gasteiger partial charge on any atom is -0.464 e. The molecule has 0 radical (unpaired) electrons. The summed E-state index contributed by atoms with van der Waals surface area (Å²) >= 11 is 0. The summed E-state index contributed by atoms with van der Waals surface area (Å²) in [6.45, 7) is 6.53. The zero-order valence-corrected chi connectivity index (χ0v) is 9.32. The summed E-state index contributed by atoms with van der Waals surface area (Å²) in [6, 6.07) is 4.22. The van der Waals surface area contributed by atoms with Gasteiger partial charge in [0.2, 0.25) is 0 Å². The van der Waals surface area contributed by atoms with Crippen LogP contribution in [0.2, 0.25) is 0 Å². The SMILES string of the molecule is CC(C)C(C)Nc1nccc2occc12. The first-order chi connectivity index (χ1) is 7.18. The van der Waals surface area contributed by atoms with Crippen LogP contribution in [0.4, 0.5) is 5.82 Å². The van der Waals surface area contributed by atoms with Crippen LogP contribution >= 0.6 is 0 Å². The second-order valence-electron chi connectivity index (χ2n) is 4.17. The molecule has 0 fully saturated rings. The first kappa shape index (κ1) is 10.0. The highest BCUT2D eigenvalue weighted by molar-refractivity contribution is 5.87. The fraction of sp³-hybridized carbons (Fsp3) is 0.417. The van der Waals surface area contributed by atoms with Crippen molar-refractivity contribution in [3.63, 3.8) is 0 Å². The van der Waals surface area contributed by atoms with Crippen LogP contribution in [0.25, 0.3) is 11.0 Å². The molecule has 0 bridgehead atoms. The summed E-state index contributed by atoms with van der Waals surface area (Å²) in [5.41, 5.74) is 0.878. The summed E-state index contributed by atoms with van der Waals surface area (Å²) in [5, 5.41) is 4.45. The predicted octanol–water partition coefficient (Wildman–Crippen LogP) is 3.28. The molecule has 3 nitrogen and oxygen atoms in total. The van der Waals surface area contributed by atoms with Gasteiger partial charge in [-0.05, 0) is 25.0 Å². The summed E-state index contributed by atoms with van der Waals surface area (Å²) in [4.78, 5) is 4.33. The number of aromatic nitrogens is 1. The predicted molar refractivity (Wildman–Crippen MR) is 61.9 cm³/mol. The Morgan fingerprint density at radius 1 is 1.27 bits per heavy atom. The molecule has 0 aliphatic carbocycles. The van der Waals surface area contributed by atoms with Crippen LogP contribution in [0.1, 0.15) is 20.8 Å². The standard InChI is InChI=1S/C12H16N2O/c1-8(2)9(3)14-12-10-5-7-15-11(10)4-6-13-12/h4-9H,1-3H3,(H,13,14). The number of pyridine rings is 1. The monoisotopic (exact) mass is 204 g/mol. The van der Waals surface area contributed by atoms with Gasteiger partial charge in [0.05, 0.1) is 11.6 Å². The van der Waals surface area contributed by atoms with Gasteiger partial charge >= 0.3 is 0 Å². The van der Waals surface area contributed by atoms with E-state index in [1.54, 1.807) is 12.5 Å². The summed E-state index contributed by atoms with van der Waals surface area (Å²) in [5.74, 6) is 1.48. The summed E-state index contributed by atoms with van der Waals surface area (Å²) in [7, 11) is 0. The van der Waals surface area contributed by atoms with Gasteiger partial charge < -0.3 is 9.73 Å². The minimum atomic E-state index is 0.401. The maximum Gasteiger partial charge on any atom is 0.139 e. The zero-order valence-electron chi connectivity index (χ0n) is 9.32. The fourth-order valence-electron chi connectivity index (χ4n) is 1.39. The van der Waals surface area contributed by atoms with Gasteiger partial charge in [-0.1, -0.05) is 13.8 Å².